The molecule has 0 saturated heterocycles. The van der Waals surface area contributed by atoms with Crippen molar-refractivity contribution < 1.29 is 4.74 Å². The lowest BCUT2D eigenvalue weighted by Gasteiger charge is -2.25. The fourth-order valence-electron chi connectivity index (χ4n) is 3.43. The van der Waals surface area contributed by atoms with Gasteiger partial charge >= 0.3 is 0 Å². The number of aromatic nitrogens is 2. The van der Waals surface area contributed by atoms with E-state index in [4.69, 9.17) is 10.5 Å². The molecule has 2 heterocycles. The standard InChI is InChI=1S/C21H17BrN4O/c1-13-18-19(15-7-9-16(22)10-8-15)17(11-23)20(24)27-21(18)26(25-13)12-14-5-3-2-4-6-14/h2-10,19H,12,24H2,1H3. The van der Waals surface area contributed by atoms with Gasteiger partial charge in [0.2, 0.25) is 11.8 Å². The molecule has 0 amide bonds. The molecule has 1 aromatic heterocycles. The summed E-state index contributed by atoms with van der Waals surface area (Å²) in [5, 5.41) is 14.4. The molecule has 0 fully saturated rings. The quantitative estimate of drug-likeness (QED) is 0.687. The van der Waals surface area contributed by atoms with Gasteiger partial charge in [-0.25, -0.2) is 4.68 Å². The summed E-state index contributed by atoms with van der Waals surface area (Å²) in [6.07, 6.45) is 0. The molecule has 0 aliphatic carbocycles. The summed E-state index contributed by atoms with van der Waals surface area (Å²) in [7, 11) is 0. The van der Waals surface area contributed by atoms with Gasteiger partial charge in [0.25, 0.3) is 0 Å². The lowest BCUT2D eigenvalue weighted by molar-refractivity contribution is 0.352. The summed E-state index contributed by atoms with van der Waals surface area (Å²) < 4.78 is 8.65. The number of benzene rings is 2. The van der Waals surface area contributed by atoms with E-state index in [1.807, 2.05) is 66.2 Å². The third-order valence-corrected chi connectivity index (χ3v) is 5.20. The monoisotopic (exact) mass is 420 g/mol. The van der Waals surface area contributed by atoms with E-state index in [-0.39, 0.29) is 11.8 Å². The number of hydrogen-bond donors (Lipinski definition) is 1. The number of allylic oxidation sites excluding steroid dienone is 1. The molecule has 6 heteroatoms. The van der Waals surface area contributed by atoms with Crippen molar-refractivity contribution >= 4 is 15.9 Å². The number of fused-ring (bicyclic) bond motifs is 1. The molecule has 134 valence electrons. The van der Waals surface area contributed by atoms with Crippen LogP contribution in [0.1, 0.15) is 28.3 Å². The summed E-state index contributed by atoms with van der Waals surface area (Å²) in [6.45, 7) is 2.51. The fraction of sp³-hybridized carbons (Fsp3) is 0.143. The molecule has 0 radical (unpaired) electrons. The molecular formula is C21H17BrN4O. The Morgan fingerprint density at radius 2 is 1.89 bits per heavy atom. The largest absolute Gasteiger partial charge is 0.422 e. The van der Waals surface area contributed by atoms with E-state index in [1.54, 1.807) is 0 Å². The van der Waals surface area contributed by atoms with Crippen molar-refractivity contribution in [3.63, 3.8) is 0 Å². The van der Waals surface area contributed by atoms with Crippen LogP contribution in [-0.2, 0) is 6.54 Å². The van der Waals surface area contributed by atoms with Crippen molar-refractivity contribution in [2.75, 3.05) is 0 Å². The summed E-state index contributed by atoms with van der Waals surface area (Å²) in [5.74, 6) is 0.435. The lowest BCUT2D eigenvalue weighted by atomic mass is 9.84. The third kappa shape index (κ3) is 3.11. The Morgan fingerprint density at radius 1 is 1.19 bits per heavy atom. The number of nitrogens with zero attached hydrogens (tertiary/aromatic N) is 3. The molecule has 27 heavy (non-hydrogen) atoms. The van der Waals surface area contributed by atoms with E-state index < -0.39 is 0 Å². The van der Waals surface area contributed by atoms with E-state index >= 15 is 0 Å². The van der Waals surface area contributed by atoms with E-state index in [0.717, 1.165) is 26.9 Å². The van der Waals surface area contributed by atoms with E-state index in [1.165, 1.54) is 0 Å². The first kappa shape index (κ1) is 17.4. The normalized spacial score (nSPS) is 15.8. The van der Waals surface area contributed by atoms with Gasteiger partial charge in [-0.05, 0) is 30.2 Å². The van der Waals surface area contributed by atoms with Crippen LogP contribution in [0.5, 0.6) is 5.88 Å². The topological polar surface area (TPSA) is 76.9 Å². The van der Waals surface area contributed by atoms with E-state index in [2.05, 4.69) is 27.1 Å². The zero-order valence-corrected chi connectivity index (χ0v) is 16.3. The minimum atomic E-state index is -0.295. The van der Waals surface area contributed by atoms with Crippen molar-refractivity contribution in [1.82, 2.24) is 9.78 Å². The number of rotatable bonds is 3. The number of nitriles is 1. The van der Waals surface area contributed by atoms with Crippen molar-refractivity contribution in [2.45, 2.75) is 19.4 Å². The maximum absolute atomic E-state index is 9.70. The number of halogens is 1. The van der Waals surface area contributed by atoms with Crippen LogP contribution in [0.2, 0.25) is 0 Å². The van der Waals surface area contributed by atoms with Crippen LogP contribution in [0.15, 0.2) is 70.5 Å². The van der Waals surface area contributed by atoms with Crippen molar-refractivity contribution in [3.8, 4) is 11.9 Å². The van der Waals surface area contributed by atoms with Crippen LogP contribution in [0.3, 0.4) is 0 Å². The van der Waals surface area contributed by atoms with Gasteiger partial charge in [0.05, 0.1) is 23.7 Å². The Labute approximate surface area is 165 Å². The van der Waals surface area contributed by atoms with Gasteiger partial charge in [0, 0.05) is 4.47 Å². The van der Waals surface area contributed by atoms with Gasteiger partial charge in [-0.2, -0.15) is 10.4 Å². The molecule has 1 unspecified atom stereocenters. The summed E-state index contributed by atoms with van der Waals surface area (Å²) in [4.78, 5) is 0. The first-order valence-electron chi connectivity index (χ1n) is 8.52. The van der Waals surface area contributed by atoms with Crippen LogP contribution in [0.4, 0.5) is 0 Å². The van der Waals surface area contributed by atoms with Crippen molar-refractivity contribution in [1.29, 1.82) is 5.26 Å². The Balaban J connectivity index is 1.85. The van der Waals surface area contributed by atoms with Gasteiger partial charge in [-0.3, -0.25) is 0 Å². The third-order valence-electron chi connectivity index (χ3n) is 4.67. The molecule has 2 aromatic carbocycles. The molecule has 2 N–H and O–H groups in total. The highest BCUT2D eigenvalue weighted by molar-refractivity contribution is 9.10. The molecule has 1 aliphatic heterocycles. The van der Waals surface area contributed by atoms with Crippen LogP contribution in [-0.4, -0.2) is 9.78 Å². The summed E-state index contributed by atoms with van der Waals surface area (Å²) >= 11 is 3.46. The van der Waals surface area contributed by atoms with Crippen molar-refractivity contribution in [3.05, 3.63) is 92.9 Å². The average molecular weight is 421 g/mol. The molecule has 1 aliphatic rings. The highest BCUT2D eigenvalue weighted by Crippen LogP contribution is 2.44. The molecule has 3 aromatic rings. The SMILES string of the molecule is Cc1nn(Cc2ccccc2)c2c1C(c1ccc(Br)cc1)C(C#N)=C(N)O2. The Bertz CT molecular complexity index is 1060. The zero-order valence-electron chi connectivity index (χ0n) is 14.7. The number of ether oxygens (including phenoxy) is 1. The van der Waals surface area contributed by atoms with Gasteiger partial charge in [0.15, 0.2) is 0 Å². The molecule has 0 bridgehead atoms. The Morgan fingerprint density at radius 3 is 2.56 bits per heavy atom. The minimum absolute atomic E-state index is 0.132. The van der Waals surface area contributed by atoms with Crippen LogP contribution in [0, 0.1) is 18.3 Å². The van der Waals surface area contributed by atoms with Gasteiger partial charge < -0.3 is 10.5 Å². The molecule has 5 nitrogen and oxygen atoms in total. The van der Waals surface area contributed by atoms with Gasteiger partial charge in [-0.1, -0.05) is 58.4 Å². The fourth-order valence-corrected chi connectivity index (χ4v) is 3.70. The van der Waals surface area contributed by atoms with E-state index in [9.17, 15) is 5.26 Å². The average Bonchev–Trinajstić information content (AvgIpc) is 2.97. The van der Waals surface area contributed by atoms with Crippen LogP contribution < -0.4 is 10.5 Å². The lowest BCUT2D eigenvalue weighted by Crippen LogP contribution is -2.22. The highest BCUT2D eigenvalue weighted by atomic mass is 79.9. The molecular weight excluding hydrogens is 404 g/mol. The Kier molecular flexibility index (Phi) is 4.46. The first-order valence-corrected chi connectivity index (χ1v) is 9.32. The Hall–Kier alpha value is -3.04. The molecule has 0 spiro atoms. The minimum Gasteiger partial charge on any atom is -0.422 e. The van der Waals surface area contributed by atoms with Gasteiger partial charge in [0.1, 0.15) is 11.6 Å². The summed E-state index contributed by atoms with van der Waals surface area (Å²) in [5.41, 5.74) is 10.3. The predicted octanol–water partition coefficient (Wildman–Crippen LogP) is 4.22. The maximum Gasteiger partial charge on any atom is 0.224 e. The van der Waals surface area contributed by atoms with Crippen molar-refractivity contribution in [2.24, 2.45) is 5.73 Å². The first-order chi connectivity index (χ1) is 13.1. The van der Waals surface area contributed by atoms with Gasteiger partial charge in [-0.15, -0.1) is 0 Å². The zero-order chi connectivity index (χ0) is 19.0. The predicted molar refractivity (Wildman–Crippen MR) is 106 cm³/mol. The van der Waals surface area contributed by atoms with Crippen LogP contribution >= 0.6 is 15.9 Å². The molecule has 0 saturated carbocycles. The smallest absolute Gasteiger partial charge is 0.224 e. The highest BCUT2D eigenvalue weighted by Gasteiger charge is 2.35. The van der Waals surface area contributed by atoms with Crippen LogP contribution in [0.25, 0.3) is 0 Å². The number of nitrogens with two attached hydrogens (primary N) is 1. The molecule has 4 rings (SSSR count). The second kappa shape index (κ2) is 6.93. The second-order valence-electron chi connectivity index (χ2n) is 6.42. The maximum atomic E-state index is 9.70. The van der Waals surface area contributed by atoms with E-state index in [0.29, 0.717) is 18.0 Å². The number of aryl methyl sites for hydroxylation is 1. The second-order valence-corrected chi connectivity index (χ2v) is 7.34. The molecule has 1 atom stereocenters. The summed E-state index contributed by atoms with van der Waals surface area (Å²) in [6, 6.07) is 20.2. The number of hydrogen-bond acceptors (Lipinski definition) is 4.